The number of likely N-dealkylation sites (tertiary alicyclic amines) is 2. The largest absolute Gasteiger partial charge is 0.496 e. The minimum absolute atomic E-state index is 0.185. The van der Waals surface area contributed by atoms with E-state index in [-0.39, 0.29) is 5.41 Å². The molecule has 0 saturated carbocycles. The fourth-order valence-corrected chi connectivity index (χ4v) is 4.06. The molecule has 1 amide bonds. The predicted molar refractivity (Wildman–Crippen MR) is 91.5 cm³/mol. The highest BCUT2D eigenvalue weighted by Gasteiger charge is 2.50. The van der Waals surface area contributed by atoms with Crippen molar-refractivity contribution in [2.24, 2.45) is 5.41 Å². The Balaban J connectivity index is 1.71. The third-order valence-electron chi connectivity index (χ3n) is 5.33. The van der Waals surface area contributed by atoms with Crippen LogP contribution in [0.3, 0.4) is 0 Å². The molecule has 1 unspecified atom stereocenters. The zero-order valence-corrected chi connectivity index (χ0v) is 14.5. The van der Waals surface area contributed by atoms with Crippen LogP contribution in [0, 0.1) is 16.7 Å². The van der Waals surface area contributed by atoms with Gasteiger partial charge in [-0.25, -0.2) is 0 Å². The molecule has 5 nitrogen and oxygen atoms in total. The van der Waals surface area contributed by atoms with Crippen LogP contribution >= 0.6 is 0 Å². The molecule has 1 spiro atoms. The Morgan fingerprint density at radius 2 is 2.12 bits per heavy atom. The molecule has 0 bridgehead atoms. The number of carbonyl (C=O) groups excluding carboxylic acids is 1. The van der Waals surface area contributed by atoms with Crippen LogP contribution in [-0.4, -0.2) is 49.0 Å². The summed E-state index contributed by atoms with van der Waals surface area (Å²) in [7, 11) is 1.65. The van der Waals surface area contributed by atoms with Gasteiger partial charge >= 0.3 is 0 Å². The maximum Gasteiger partial charge on any atom is 0.230 e. The zero-order chi connectivity index (χ0) is 17.2. The van der Waals surface area contributed by atoms with E-state index in [2.05, 4.69) is 17.9 Å². The molecule has 1 aromatic carbocycles. The normalized spacial score (nSPS) is 23.9. The van der Waals surface area contributed by atoms with Crippen molar-refractivity contribution in [1.82, 2.24) is 9.80 Å². The Bertz CT molecular complexity index is 667. The van der Waals surface area contributed by atoms with Crippen molar-refractivity contribution in [2.45, 2.75) is 32.7 Å². The number of benzene rings is 1. The molecule has 1 aromatic rings. The van der Waals surface area contributed by atoms with Crippen molar-refractivity contribution in [3.05, 3.63) is 29.3 Å². The highest BCUT2D eigenvalue weighted by atomic mass is 16.5. The number of hydrogen-bond donors (Lipinski definition) is 0. The van der Waals surface area contributed by atoms with Crippen LogP contribution in [-0.2, 0) is 11.3 Å². The van der Waals surface area contributed by atoms with Crippen LogP contribution in [0.25, 0.3) is 0 Å². The van der Waals surface area contributed by atoms with Crippen LogP contribution in [0.4, 0.5) is 0 Å². The lowest BCUT2D eigenvalue weighted by molar-refractivity contribution is -0.135. The molecule has 2 aliphatic rings. The van der Waals surface area contributed by atoms with E-state index in [1.165, 1.54) is 0 Å². The molecule has 0 radical (unpaired) electrons. The highest BCUT2D eigenvalue weighted by Crippen LogP contribution is 2.41. The zero-order valence-electron chi connectivity index (χ0n) is 14.5. The summed E-state index contributed by atoms with van der Waals surface area (Å²) in [6.45, 7) is 6.35. The van der Waals surface area contributed by atoms with Crippen molar-refractivity contribution in [3.63, 3.8) is 0 Å². The van der Waals surface area contributed by atoms with Crippen molar-refractivity contribution in [1.29, 1.82) is 5.26 Å². The van der Waals surface area contributed by atoms with Gasteiger partial charge in [-0.2, -0.15) is 5.26 Å². The first kappa shape index (κ1) is 16.8. The van der Waals surface area contributed by atoms with Crippen LogP contribution in [0.1, 0.15) is 37.3 Å². The molecule has 0 aliphatic carbocycles. The Kier molecular flexibility index (Phi) is 4.77. The van der Waals surface area contributed by atoms with Gasteiger partial charge in [0, 0.05) is 31.7 Å². The summed E-state index contributed by atoms with van der Waals surface area (Å²) in [5.41, 5.74) is 1.48. The third-order valence-corrected chi connectivity index (χ3v) is 5.33. The van der Waals surface area contributed by atoms with E-state index in [1.54, 1.807) is 13.2 Å². The van der Waals surface area contributed by atoms with E-state index in [9.17, 15) is 4.79 Å². The second kappa shape index (κ2) is 6.82. The van der Waals surface area contributed by atoms with Crippen LogP contribution < -0.4 is 4.74 Å². The minimum Gasteiger partial charge on any atom is -0.496 e. The molecule has 0 N–H and O–H groups in total. The standard InChI is InChI=1S/C19H25N3O2/c1-3-8-22-10-7-19(18(22)23)6-9-21(14-19)13-16-11-15(12-20)4-5-17(16)24-2/h4-5,11H,3,6-10,13-14H2,1-2H3. The van der Waals surface area contributed by atoms with Crippen LogP contribution in [0.2, 0.25) is 0 Å². The van der Waals surface area contributed by atoms with Gasteiger partial charge < -0.3 is 9.64 Å². The lowest BCUT2D eigenvalue weighted by atomic mass is 9.85. The first-order valence-corrected chi connectivity index (χ1v) is 8.70. The van der Waals surface area contributed by atoms with Crippen molar-refractivity contribution in [2.75, 3.05) is 33.3 Å². The van der Waals surface area contributed by atoms with Crippen molar-refractivity contribution >= 4 is 5.91 Å². The molecular weight excluding hydrogens is 302 g/mol. The highest BCUT2D eigenvalue weighted by molar-refractivity contribution is 5.85. The van der Waals surface area contributed by atoms with Gasteiger partial charge in [0.15, 0.2) is 0 Å². The molecule has 128 valence electrons. The van der Waals surface area contributed by atoms with E-state index >= 15 is 0 Å². The average molecular weight is 327 g/mol. The Morgan fingerprint density at radius 1 is 1.33 bits per heavy atom. The first-order chi connectivity index (χ1) is 11.6. The van der Waals surface area contributed by atoms with E-state index in [0.717, 1.165) is 63.3 Å². The predicted octanol–water partition coefficient (Wildman–Crippen LogP) is 2.40. The number of hydrogen-bond acceptors (Lipinski definition) is 4. The quantitative estimate of drug-likeness (QED) is 0.833. The van der Waals surface area contributed by atoms with Gasteiger partial charge in [0.1, 0.15) is 5.75 Å². The molecule has 24 heavy (non-hydrogen) atoms. The van der Waals surface area contributed by atoms with Crippen LogP contribution in [0.5, 0.6) is 5.75 Å². The molecule has 3 rings (SSSR count). The average Bonchev–Trinajstić information content (AvgIpc) is 3.14. The van der Waals surface area contributed by atoms with Crippen molar-refractivity contribution in [3.8, 4) is 11.8 Å². The summed E-state index contributed by atoms with van der Waals surface area (Å²) in [5.74, 6) is 1.14. The summed E-state index contributed by atoms with van der Waals surface area (Å²) in [5, 5.41) is 9.11. The van der Waals surface area contributed by atoms with Gasteiger partial charge in [-0.3, -0.25) is 9.69 Å². The summed E-state index contributed by atoms with van der Waals surface area (Å²) in [4.78, 5) is 17.1. The SMILES string of the molecule is CCCN1CCC2(CCN(Cc3cc(C#N)ccc3OC)C2)C1=O. The van der Waals surface area contributed by atoms with Gasteiger partial charge in [0.25, 0.3) is 0 Å². The minimum atomic E-state index is -0.185. The Hall–Kier alpha value is -2.06. The first-order valence-electron chi connectivity index (χ1n) is 8.70. The monoisotopic (exact) mass is 327 g/mol. The summed E-state index contributed by atoms with van der Waals surface area (Å²) in [6, 6.07) is 7.70. The number of methoxy groups -OCH3 is 1. The number of rotatable bonds is 5. The molecule has 1 atom stereocenters. The summed E-state index contributed by atoms with van der Waals surface area (Å²) in [6.07, 6.45) is 2.92. The van der Waals surface area contributed by atoms with E-state index in [4.69, 9.17) is 10.00 Å². The number of carbonyl (C=O) groups is 1. The van der Waals surface area contributed by atoms with Gasteiger partial charge in [0.2, 0.25) is 5.91 Å². The number of ether oxygens (including phenoxy) is 1. The molecule has 2 fully saturated rings. The lowest BCUT2D eigenvalue weighted by Crippen LogP contribution is -2.37. The Morgan fingerprint density at radius 3 is 2.83 bits per heavy atom. The second-order valence-corrected chi connectivity index (χ2v) is 6.92. The molecule has 0 aromatic heterocycles. The molecule has 2 heterocycles. The second-order valence-electron chi connectivity index (χ2n) is 6.92. The molecular formula is C19H25N3O2. The number of nitrogens with zero attached hydrogens (tertiary/aromatic N) is 3. The maximum absolute atomic E-state index is 12.8. The summed E-state index contributed by atoms with van der Waals surface area (Å²) >= 11 is 0. The van der Waals surface area contributed by atoms with Crippen molar-refractivity contribution < 1.29 is 9.53 Å². The fraction of sp³-hybridized carbons (Fsp3) is 0.579. The van der Waals surface area contributed by atoms with Crippen LogP contribution in [0.15, 0.2) is 18.2 Å². The van der Waals surface area contributed by atoms with Gasteiger partial charge in [-0.15, -0.1) is 0 Å². The smallest absolute Gasteiger partial charge is 0.230 e. The summed E-state index contributed by atoms with van der Waals surface area (Å²) < 4.78 is 5.43. The molecule has 5 heteroatoms. The maximum atomic E-state index is 12.8. The van der Waals surface area contributed by atoms with Gasteiger partial charge in [0.05, 0.1) is 24.2 Å². The van der Waals surface area contributed by atoms with E-state index in [0.29, 0.717) is 11.5 Å². The number of nitriles is 1. The van der Waals surface area contributed by atoms with E-state index < -0.39 is 0 Å². The van der Waals surface area contributed by atoms with Gasteiger partial charge in [-0.05, 0) is 44.0 Å². The topological polar surface area (TPSA) is 56.6 Å². The molecule has 2 saturated heterocycles. The lowest BCUT2D eigenvalue weighted by Gasteiger charge is -2.24. The number of amides is 1. The fourth-order valence-electron chi connectivity index (χ4n) is 4.06. The van der Waals surface area contributed by atoms with E-state index in [1.807, 2.05) is 17.0 Å². The third kappa shape index (κ3) is 2.99. The molecule has 2 aliphatic heterocycles. The Labute approximate surface area is 143 Å². The van der Waals surface area contributed by atoms with Gasteiger partial charge in [-0.1, -0.05) is 6.92 Å².